The second-order valence-electron chi connectivity index (χ2n) is 7.57. The van der Waals surface area contributed by atoms with Gasteiger partial charge >= 0.3 is 0 Å². The summed E-state index contributed by atoms with van der Waals surface area (Å²) in [4.78, 5) is 24.2. The monoisotopic (exact) mass is 501 g/mol. The van der Waals surface area contributed by atoms with Gasteiger partial charge in [0.15, 0.2) is 6.61 Å². The summed E-state index contributed by atoms with van der Waals surface area (Å²) in [5, 5.41) is -0.204. The van der Waals surface area contributed by atoms with Crippen LogP contribution in [0.3, 0.4) is 0 Å². The minimum atomic E-state index is -3.96. The normalized spacial score (nSPS) is 11.3. The molecule has 0 heterocycles. The number of aryl methyl sites for hydroxylation is 2. The minimum Gasteiger partial charge on any atom is -0.483 e. The van der Waals surface area contributed by atoms with E-state index in [9.17, 15) is 18.0 Å². The molecule has 32 heavy (non-hydrogen) atoms. The molecule has 0 aromatic heterocycles. The predicted octanol–water partition coefficient (Wildman–Crippen LogP) is 3.38. The van der Waals surface area contributed by atoms with Gasteiger partial charge in [0, 0.05) is 6.54 Å². The standard InChI is InChI=1S/C21H25Cl2N3O5S/c1-12(2)10-24-32(29,30)19-8-15(16(22)9-17(19)23)21(28)26-25-20(27)11-31-18-7-13(3)5-6-14(18)4/h5-9,12,24H,10-11H2,1-4H3,(H,25,27)(H,26,28). The van der Waals surface area contributed by atoms with Crippen LogP contribution in [0, 0.1) is 19.8 Å². The van der Waals surface area contributed by atoms with Crippen LogP contribution in [0.25, 0.3) is 0 Å². The van der Waals surface area contributed by atoms with Crippen molar-refractivity contribution in [1.29, 1.82) is 0 Å². The summed E-state index contributed by atoms with van der Waals surface area (Å²) in [6.45, 7) is 7.29. The Labute approximate surface area is 197 Å². The van der Waals surface area contributed by atoms with Gasteiger partial charge in [-0.25, -0.2) is 13.1 Å². The summed E-state index contributed by atoms with van der Waals surface area (Å²) in [5.41, 5.74) is 6.06. The maximum absolute atomic E-state index is 12.5. The average Bonchev–Trinajstić information content (AvgIpc) is 2.71. The Morgan fingerprint density at radius 3 is 2.38 bits per heavy atom. The highest BCUT2D eigenvalue weighted by Gasteiger charge is 2.23. The maximum atomic E-state index is 12.5. The van der Waals surface area contributed by atoms with Gasteiger partial charge in [-0.05, 0) is 49.1 Å². The predicted molar refractivity (Wildman–Crippen MR) is 124 cm³/mol. The van der Waals surface area contributed by atoms with Crippen molar-refractivity contribution in [2.24, 2.45) is 5.92 Å². The van der Waals surface area contributed by atoms with E-state index in [0.717, 1.165) is 23.3 Å². The number of rotatable bonds is 8. The number of nitrogens with one attached hydrogen (secondary N) is 3. The van der Waals surface area contributed by atoms with Gasteiger partial charge < -0.3 is 4.74 Å². The van der Waals surface area contributed by atoms with Crippen LogP contribution in [-0.4, -0.2) is 33.4 Å². The van der Waals surface area contributed by atoms with Crippen LogP contribution in [0.5, 0.6) is 5.75 Å². The number of hydrazine groups is 1. The molecule has 2 amide bonds. The molecule has 3 N–H and O–H groups in total. The smallest absolute Gasteiger partial charge is 0.276 e. The molecule has 2 aromatic rings. The van der Waals surface area contributed by atoms with Crippen LogP contribution < -0.4 is 20.3 Å². The molecule has 0 spiro atoms. The molecule has 2 aromatic carbocycles. The van der Waals surface area contributed by atoms with E-state index in [-0.39, 0.29) is 39.6 Å². The maximum Gasteiger partial charge on any atom is 0.276 e. The summed E-state index contributed by atoms with van der Waals surface area (Å²) in [6.07, 6.45) is 0. The van der Waals surface area contributed by atoms with E-state index < -0.39 is 21.8 Å². The van der Waals surface area contributed by atoms with Gasteiger partial charge in [0.2, 0.25) is 10.0 Å². The summed E-state index contributed by atoms with van der Waals surface area (Å²) in [7, 11) is -3.96. The highest BCUT2D eigenvalue weighted by atomic mass is 35.5. The van der Waals surface area contributed by atoms with Gasteiger partial charge in [0.05, 0.1) is 15.6 Å². The zero-order chi connectivity index (χ0) is 24.1. The third-order valence-corrected chi connectivity index (χ3v) is 6.46. The number of carbonyl (C=O) groups is 2. The third kappa shape index (κ3) is 7.09. The van der Waals surface area contributed by atoms with E-state index in [4.69, 9.17) is 27.9 Å². The first-order chi connectivity index (χ1) is 14.9. The Kier molecular flexibility index (Phi) is 8.91. The van der Waals surface area contributed by atoms with E-state index in [1.54, 1.807) is 6.07 Å². The Balaban J connectivity index is 2.06. The number of ether oxygens (including phenoxy) is 1. The molecule has 8 nitrogen and oxygen atoms in total. The Hall–Kier alpha value is -2.33. The molecule has 0 radical (unpaired) electrons. The Morgan fingerprint density at radius 1 is 1.03 bits per heavy atom. The largest absolute Gasteiger partial charge is 0.483 e. The second-order valence-corrected chi connectivity index (χ2v) is 10.1. The van der Waals surface area contributed by atoms with Gasteiger partial charge in [-0.1, -0.05) is 49.2 Å². The third-order valence-electron chi connectivity index (χ3n) is 4.26. The molecule has 11 heteroatoms. The molecule has 0 aliphatic heterocycles. The molecule has 0 atom stereocenters. The molecule has 0 bridgehead atoms. The summed E-state index contributed by atoms with van der Waals surface area (Å²) >= 11 is 12.1. The van der Waals surface area contributed by atoms with E-state index in [1.807, 2.05) is 39.8 Å². The van der Waals surface area contributed by atoms with Gasteiger partial charge in [0.25, 0.3) is 11.8 Å². The number of carbonyl (C=O) groups excluding carboxylic acids is 2. The van der Waals surface area contributed by atoms with Gasteiger partial charge in [0.1, 0.15) is 10.6 Å². The number of sulfonamides is 1. The molecular weight excluding hydrogens is 477 g/mol. The fraction of sp³-hybridized carbons (Fsp3) is 0.333. The molecule has 0 aliphatic rings. The van der Waals surface area contributed by atoms with Crippen molar-refractivity contribution in [1.82, 2.24) is 15.6 Å². The highest BCUT2D eigenvalue weighted by Crippen LogP contribution is 2.28. The lowest BCUT2D eigenvalue weighted by Crippen LogP contribution is -2.44. The van der Waals surface area contributed by atoms with Gasteiger partial charge in [-0.2, -0.15) is 0 Å². The van der Waals surface area contributed by atoms with Crippen molar-refractivity contribution in [3.63, 3.8) is 0 Å². The summed E-state index contributed by atoms with van der Waals surface area (Å²) in [5.74, 6) is -0.807. The lowest BCUT2D eigenvalue weighted by atomic mass is 10.1. The lowest BCUT2D eigenvalue weighted by molar-refractivity contribution is -0.123. The first kappa shape index (κ1) is 25.9. The number of amides is 2. The quantitative estimate of drug-likeness (QED) is 0.479. The first-order valence-corrected chi connectivity index (χ1v) is 11.9. The van der Waals surface area contributed by atoms with Crippen molar-refractivity contribution >= 4 is 45.0 Å². The fourth-order valence-corrected chi connectivity index (χ4v) is 4.57. The van der Waals surface area contributed by atoms with E-state index in [0.29, 0.717) is 5.75 Å². The van der Waals surface area contributed by atoms with Crippen LogP contribution in [0.2, 0.25) is 10.0 Å². The van der Waals surface area contributed by atoms with Gasteiger partial charge in [-0.3, -0.25) is 20.4 Å². The highest BCUT2D eigenvalue weighted by molar-refractivity contribution is 7.89. The topological polar surface area (TPSA) is 114 Å². The van der Waals surface area contributed by atoms with Crippen LogP contribution in [-0.2, 0) is 14.8 Å². The molecule has 0 fully saturated rings. The van der Waals surface area contributed by atoms with Crippen molar-refractivity contribution in [2.75, 3.05) is 13.2 Å². The van der Waals surface area contributed by atoms with Crippen LogP contribution in [0.4, 0.5) is 0 Å². The molecule has 0 saturated carbocycles. The van der Waals surface area contributed by atoms with Crippen LogP contribution >= 0.6 is 23.2 Å². The lowest BCUT2D eigenvalue weighted by Gasteiger charge is -2.14. The number of hydrogen-bond acceptors (Lipinski definition) is 5. The number of benzene rings is 2. The summed E-state index contributed by atoms with van der Waals surface area (Å²) in [6, 6.07) is 7.80. The van der Waals surface area contributed by atoms with Crippen molar-refractivity contribution in [3.05, 3.63) is 57.1 Å². The van der Waals surface area contributed by atoms with Crippen LogP contribution in [0.1, 0.15) is 35.3 Å². The average molecular weight is 502 g/mol. The molecule has 174 valence electrons. The van der Waals surface area contributed by atoms with Crippen molar-refractivity contribution < 1.29 is 22.7 Å². The second kappa shape index (κ2) is 11.0. The van der Waals surface area contributed by atoms with Crippen molar-refractivity contribution in [3.8, 4) is 5.75 Å². The zero-order valence-corrected chi connectivity index (χ0v) is 20.4. The van der Waals surface area contributed by atoms with E-state index in [2.05, 4.69) is 15.6 Å². The molecular formula is C21H25Cl2N3O5S. The molecule has 0 unspecified atom stereocenters. The molecule has 2 rings (SSSR count). The number of halogens is 2. The van der Waals surface area contributed by atoms with E-state index >= 15 is 0 Å². The fourth-order valence-electron chi connectivity index (χ4n) is 2.50. The number of hydrogen-bond donors (Lipinski definition) is 3. The summed E-state index contributed by atoms with van der Waals surface area (Å²) < 4.78 is 32.9. The molecule has 0 aliphatic carbocycles. The van der Waals surface area contributed by atoms with Crippen molar-refractivity contribution in [2.45, 2.75) is 32.6 Å². The van der Waals surface area contributed by atoms with Crippen LogP contribution in [0.15, 0.2) is 35.2 Å². The zero-order valence-electron chi connectivity index (χ0n) is 18.1. The van der Waals surface area contributed by atoms with E-state index in [1.165, 1.54) is 0 Å². The Morgan fingerprint density at radius 2 is 1.72 bits per heavy atom. The van der Waals surface area contributed by atoms with Gasteiger partial charge in [-0.15, -0.1) is 0 Å². The molecule has 0 saturated heterocycles. The SMILES string of the molecule is Cc1ccc(C)c(OCC(=O)NNC(=O)c2cc(S(=O)(=O)NCC(C)C)c(Cl)cc2Cl)c1. The first-order valence-electron chi connectivity index (χ1n) is 9.68. The Bertz CT molecular complexity index is 1120. The minimum absolute atomic E-state index is 0.0691.